The minimum atomic E-state index is 0.755. The Balaban J connectivity index is 1.90. The van der Waals surface area contributed by atoms with Crippen molar-refractivity contribution >= 4 is 5.95 Å². The lowest BCUT2D eigenvalue weighted by Crippen LogP contribution is -2.51. The maximum Gasteiger partial charge on any atom is 0.225 e. The van der Waals surface area contributed by atoms with Gasteiger partial charge in [-0.15, -0.1) is 0 Å². The van der Waals surface area contributed by atoms with Crippen molar-refractivity contribution in [2.45, 2.75) is 6.92 Å². The zero-order valence-electron chi connectivity index (χ0n) is 8.70. The van der Waals surface area contributed by atoms with Crippen LogP contribution in [0.3, 0.4) is 0 Å². The molecule has 1 fully saturated rings. The molecule has 4 heteroatoms. The first-order valence-electron chi connectivity index (χ1n) is 4.98. The van der Waals surface area contributed by atoms with Crippen LogP contribution in [0.2, 0.25) is 0 Å². The van der Waals surface area contributed by atoms with Gasteiger partial charge in [0.25, 0.3) is 0 Å². The smallest absolute Gasteiger partial charge is 0.225 e. The van der Waals surface area contributed by atoms with Crippen LogP contribution in [0, 0.1) is 12.8 Å². The summed E-state index contributed by atoms with van der Waals surface area (Å²) < 4.78 is 0. The van der Waals surface area contributed by atoms with Crippen LogP contribution in [-0.2, 0) is 0 Å². The molecular formula is C10H16N4. The molecule has 0 radical (unpaired) electrons. The van der Waals surface area contributed by atoms with Crippen LogP contribution in [0.5, 0.6) is 0 Å². The average Bonchev–Trinajstić information content (AvgIpc) is 2.13. The molecule has 1 aliphatic rings. The largest absolute Gasteiger partial charge is 0.340 e. The van der Waals surface area contributed by atoms with E-state index in [0.717, 1.165) is 37.1 Å². The molecule has 0 aromatic carbocycles. The number of nitrogens with zero attached hydrogens (tertiary/aromatic N) is 3. The Kier molecular flexibility index (Phi) is 2.63. The van der Waals surface area contributed by atoms with Gasteiger partial charge in [0.15, 0.2) is 0 Å². The molecule has 0 saturated carbocycles. The third-order valence-electron chi connectivity index (χ3n) is 2.50. The van der Waals surface area contributed by atoms with Gasteiger partial charge in [-0.1, -0.05) is 0 Å². The topological polar surface area (TPSA) is 41.0 Å². The minimum Gasteiger partial charge on any atom is -0.340 e. The third kappa shape index (κ3) is 1.85. The summed E-state index contributed by atoms with van der Waals surface area (Å²) in [6, 6.07) is 0. The van der Waals surface area contributed by atoms with E-state index in [1.807, 2.05) is 26.4 Å². The number of hydrogen-bond donors (Lipinski definition) is 1. The summed E-state index contributed by atoms with van der Waals surface area (Å²) in [5, 5.41) is 3.18. The van der Waals surface area contributed by atoms with Crippen LogP contribution in [0.1, 0.15) is 5.56 Å². The summed E-state index contributed by atoms with van der Waals surface area (Å²) >= 11 is 0. The number of rotatable bonds is 3. The predicted molar refractivity (Wildman–Crippen MR) is 56.4 cm³/mol. The zero-order valence-corrected chi connectivity index (χ0v) is 8.70. The number of aromatic nitrogens is 2. The molecule has 14 heavy (non-hydrogen) atoms. The summed E-state index contributed by atoms with van der Waals surface area (Å²) in [5.41, 5.74) is 1.11. The molecule has 1 aliphatic heterocycles. The first-order chi connectivity index (χ1) is 6.79. The van der Waals surface area contributed by atoms with Gasteiger partial charge in [0.2, 0.25) is 5.95 Å². The second kappa shape index (κ2) is 3.92. The Hall–Kier alpha value is -1.16. The molecule has 0 spiro atoms. The number of aryl methyl sites for hydroxylation is 1. The molecule has 1 aromatic rings. The molecule has 0 aliphatic carbocycles. The van der Waals surface area contributed by atoms with Gasteiger partial charge in [-0.3, -0.25) is 0 Å². The number of anilines is 1. The Morgan fingerprint density at radius 2 is 2.07 bits per heavy atom. The van der Waals surface area contributed by atoms with Crippen LogP contribution >= 0.6 is 0 Å². The highest BCUT2D eigenvalue weighted by atomic mass is 15.3. The summed E-state index contributed by atoms with van der Waals surface area (Å²) in [7, 11) is 1.99. The Morgan fingerprint density at radius 1 is 1.43 bits per heavy atom. The number of nitrogens with one attached hydrogen (secondary N) is 1. The molecule has 0 unspecified atom stereocenters. The van der Waals surface area contributed by atoms with Crippen LogP contribution in [0.25, 0.3) is 0 Å². The van der Waals surface area contributed by atoms with E-state index in [-0.39, 0.29) is 0 Å². The zero-order chi connectivity index (χ0) is 9.97. The molecule has 1 saturated heterocycles. The van der Waals surface area contributed by atoms with E-state index in [1.54, 1.807) is 0 Å². The third-order valence-corrected chi connectivity index (χ3v) is 2.50. The summed E-state index contributed by atoms with van der Waals surface area (Å²) in [6.07, 6.45) is 3.74. The standard InChI is InChI=1S/C10H16N4/c1-8-3-12-10(13-4-8)14-6-9(7-14)5-11-2/h3-4,9,11H,5-7H2,1-2H3. The molecule has 0 atom stereocenters. The van der Waals surface area contributed by atoms with Crippen LogP contribution in [0.15, 0.2) is 12.4 Å². The van der Waals surface area contributed by atoms with E-state index in [0.29, 0.717) is 0 Å². The average molecular weight is 192 g/mol. The van der Waals surface area contributed by atoms with Gasteiger partial charge in [0.05, 0.1) is 0 Å². The van der Waals surface area contributed by atoms with Crippen LogP contribution < -0.4 is 10.2 Å². The van der Waals surface area contributed by atoms with Gasteiger partial charge < -0.3 is 10.2 Å². The molecule has 2 heterocycles. The molecule has 1 N–H and O–H groups in total. The monoisotopic (exact) mass is 192 g/mol. The predicted octanol–water partition coefficient (Wildman–Crippen LogP) is 0.441. The normalized spacial score (nSPS) is 16.9. The molecule has 1 aromatic heterocycles. The van der Waals surface area contributed by atoms with Crippen molar-refractivity contribution in [3.63, 3.8) is 0 Å². The molecule has 4 nitrogen and oxygen atoms in total. The van der Waals surface area contributed by atoms with Gasteiger partial charge in [-0.25, -0.2) is 9.97 Å². The second-order valence-electron chi connectivity index (χ2n) is 3.89. The molecule has 0 amide bonds. The van der Waals surface area contributed by atoms with Crippen LogP contribution in [0.4, 0.5) is 5.95 Å². The lowest BCUT2D eigenvalue weighted by Gasteiger charge is -2.39. The van der Waals surface area contributed by atoms with Gasteiger partial charge in [0, 0.05) is 37.9 Å². The highest BCUT2D eigenvalue weighted by Gasteiger charge is 2.27. The Bertz CT molecular complexity index is 289. The highest BCUT2D eigenvalue weighted by molar-refractivity contribution is 5.33. The van der Waals surface area contributed by atoms with Gasteiger partial charge in [-0.05, 0) is 19.5 Å². The van der Waals surface area contributed by atoms with Gasteiger partial charge in [-0.2, -0.15) is 0 Å². The first kappa shape index (κ1) is 9.40. The van der Waals surface area contributed by atoms with Crippen molar-refractivity contribution in [1.82, 2.24) is 15.3 Å². The van der Waals surface area contributed by atoms with Crippen molar-refractivity contribution in [2.75, 3.05) is 31.6 Å². The van der Waals surface area contributed by atoms with E-state index in [9.17, 15) is 0 Å². The summed E-state index contributed by atoms with van der Waals surface area (Å²) in [4.78, 5) is 10.8. The summed E-state index contributed by atoms with van der Waals surface area (Å²) in [6.45, 7) is 5.24. The highest BCUT2D eigenvalue weighted by Crippen LogP contribution is 2.19. The molecule has 76 valence electrons. The molecule has 2 rings (SSSR count). The lowest BCUT2D eigenvalue weighted by atomic mass is 10.0. The van der Waals surface area contributed by atoms with Gasteiger partial charge >= 0.3 is 0 Å². The maximum atomic E-state index is 4.29. The fraction of sp³-hybridized carbons (Fsp3) is 0.600. The van der Waals surface area contributed by atoms with E-state index in [1.165, 1.54) is 0 Å². The van der Waals surface area contributed by atoms with Crippen LogP contribution in [-0.4, -0.2) is 36.6 Å². The van der Waals surface area contributed by atoms with Crippen molar-refractivity contribution in [3.05, 3.63) is 18.0 Å². The SMILES string of the molecule is CNCC1CN(c2ncc(C)cn2)C1. The fourth-order valence-corrected chi connectivity index (χ4v) is 1.70. The Morgan fingerprint density at radius 3 is 2.64 bits per heavy atom. The van der Waals surface area contributed by atoms with E-state index in [4.69, 9.17) is 0 Å². The maximum absolute atomic E-state index is 4.29. The van der Waals surface area contributed by atoms with E-state index < -0.39 is 0 Å². The summed E-state index contributed by atoms with van der Waals surface area (Å²) in [5.74, 6) is 1.62. The van der Waals surface area contributed by atoms with Crippen molar-refractivity contribution in [2.24, 2.45) is 5.92 Å². The first-order valence-corrected chi connectivity index (χ1v) is 4.98. The fourth-order valence-electron chi connectivity index (χ4n) is 1.70. The van der Waals surface area contributed by atoms with Crippen molar-refractivity contribution < 1.29 is 0 Å². The van der Waals surface area contributed by atoms with E-state index in [2.05, 4.69) is 20.2 Å². The van der Waals surface area contributed by atoms with E-state index >= 15 is 0 Å². The Labute approximate surface area is 84.4 Å². The van der Waals surface area contributed by atoms with Gasteiger partial charge in [0.1, 0.15) is 0 Å². The second-order valence-corrected chi connectivity index (χ2v) is 3.89. The van der Waals surface area contributed by atoms with Crippen molar-refractivity contribution in [3.8, 4) is 0 Å². The lowest BCUT2D eigenvalue weighted by molar-refractivity contribution is 0.391. The number of hydrogen-bond acceptors (Lipinski definition) is 4. The molecular weight excluding hydrogens is 176 g/mol. The molecule has 0 bridgehead atoms. The minimum absolute atomic E-state index is 0.755. The van der Waals surface area contributed by atoms with Crippen molar-refractivity contribution in [1.29, 1.82) is 0 Å². The quantitative estimate of drug-likeness (QED) is 0.754.